The summed E-state index contributed by atoms with van der Waals surface area (Å²) in [5.74, 6) is -0.246. The van der Waals surface area contributed by atoms with Gasteiger partial charge in [-0.05, 0) is 13.0 Å². The molecule has 0 aliphatic rings. The van der Waals surface area contributed by atoms with Crippen LogP contribution in [-0.4, -0.2) is 23.0 Å². The number of benzene rings is 1. The van der Waals surface area contributed by atoms with Gasteiger partial charge in [-0.25, -0.2) is 0 Å². The van der Waals surface area contributed by atoms with Gasteiger partial charge in [0.2, 0.25) is 0 Å². The van der Waals surface area contributed by atoms with Crippen molar-refractivity contribution < 1.29 is 9.90 Å². The Hall–Kier alpha value is -1.19. The number of nitrogens with two attached hydrogens (primary N) is 1. The van der Waals surface area contributed by atoms with Crippen molar-refractivity contribution in [2.24, 2.45) is 5.73 Å². The molecule has 0 unspecified atom stereocenters. The van der Waals surface area contributed by atoms with Gasteiger partial charge in [-0.3, -0.25) is 4.79 Å². The summed E-state index contributed by atoms with van der Waals surface area (Å²) in [5.41, 5.74) is 5.99. The first-order valence-electron chi connectivity index (χ1n) is 4.07. The molecule has 0 heterocycles. The van der Waals surface area contributed by atoms with Gasteiger partial charge in [0.1, 0.15) is 0 Å². The summed E-state index contributed by atoms with van der Waals surface area (Å²) in [5, 5.41) is 9.10. The van der Waals surface area contributed by atoms with Crippen LogP contribution < -0.4 is 5.73 Å². The molecule has 1 aromatic carbocycles. The third-order valence-electron chi connectivity index (χ3n) is 1.83. The highest BCUT2D eigenvalue weighted by Crippen LogP contribution is 2.03. The van der Waals surface area contributed by atoms with Crippen LogP contribution in [0.4, 0.5) is 0 Å². The van der Waals surface area contributed by atoms with Crippen molar-refractivity contribution in [2.75, 3.05) is 0 Å². The summed E-state index contributed by atoms with van der Waals surface area (Å²) in [7, 11) is 0. The highest BCUT2D eigenvalue weighted by Gasteiger charge is 2.19. The molecule has 0 aromatic heterocycles. The Balaban J connectivity index is 2.80. The minimum absolute atomic E-state index is 0.246. The van der Waals surface area contributed by atoms with E-state index < -0.39 is 12.1 Å². The van der Waals surface area contributed by atoms with Gasteiger partial charge in [-0.2, -0.15) is 0 Å². The smallest absolute Gasteiger partial charge is 0.182 e. The average Bonchev–Trinajstić information content (AvgIpc) is 2.17. The van der Waals surface area contributed by atoms with Gasteiger partial charge in [-0.15, -0.1) is 0 Å². The number of rotatable bonds is 3. The topological polar surface area (TPSA) is 63.3 Å². The zero-order valence-corrected chi connectivity index (χ0v) is 7.40. The SMILES string of the molecule is C[C@@H](O)[C@H](N)C(=O)c1cc[c]cc1. The van der Waals surface area contributed by atoms with Gasteiger partial charge < -0.3 is 10.8 Å². The van der Waals surface area contributed by atoms with E-state index in [1.54, 1.807) is 24.3 Å². The highest BCUT2D eigenvalue weighted by atomic mass is 16.3. The minimum Gasteiger partial charge on any atom is -0.391 e. The zero-order chi connectivity index (χ0) is 9.84. The molecular weight excluding hydrogens is 166 g/mol. The van der Waals surface area contributed by atoms with E-state index in [0.29, 0.717) is 5.56 Å². The number of aliphatic hydroxyl groups excluding tert-OH is 1. The highest BCUT2D eigenvalue weighted by molar-refractivity contribution is 6.00. The lowest BCUT2D eigenvalue weighted by Gasteiger charge is -2.12. The Labute approximate surface area is 77.2 Å². The van der Waals surface area contributed by atoms with Gasteiger partial charge in [0, 0.05) is 5.56 Å². The Bertz CT molecular complexity index is 282. The van der Waals surface area contributed by atoms with Crippen molar-refractivity contribution in [3.05, 3.63) is 35.9 Å². The van der Waals surface area contributed by atoms with Crippen LogP contribution in [-0.2, 0) is 0 Å². The normalized spacial score (nSPS) is 15.0. The van der Waals surface area contributed by atoms with Crippen LogP contribution in [0.2, 0.25) is 0 Å². The van der Waals surface area contributed by atoms with Crippen molar-refractivity contribution in [1.29, 1.82) is 0 Å². The van der Waals surface area contributed by atoms with Crippen molar-refractivity contribution >= 4 is 5.78 Å². The van der Waals surface area contributed by atoms with Crippen LogP contribution in [0.3, 0.4) is 0 Å². The predicted octanol–water partition coefficient (Wildman–Crippen LogP) is 0.378. The van der Waals surface area contributed by atoms with Gasteiger partial charge >= 0.3 is 0 Å². The quantitative estimate of drug-likeness (QED) is 0.657. The summed E-state index contributed by atoms with van der Waals surface area (Å²) in [4.78, 5) is 11.5. The molecule has 0 fully saturated rings. The first-order valence-corrected chi connectivity index (χ1v) is 4.07. The van der Waals surface area contributed by atoms with Gasteiger partial charge in [-0.1, -0.05) is 24.3 Å². The van der Waals surface area contributed by atoms with E-state index in [1.165, 1.54) is 6.92 Å². The monoisotopic (exact) mass is 178 g/mol. The molecule has 0 aliphatic heterocycles. The van der Waals surface area contributed by atoms with E-state index in [4.69, 9.17) is 10.8 Å². The van der Waals surface area contributed by atoms with Crippen LogP contribution in [0.5, 0.6) is 0 Å². The maximum absolute atomic E-state index is 11.5. The van der Waals surface area contributed by atoms with Crippen molar-refractivity contribution in [3.63, 3.8) is 0 Å². The Morgan fingerprint density at radius 2 is 2.08 bits per heavy atom. The molecule has 0 saturated carbocycles. The summed E-state index contributed by atoms with van der Waals surface area (Å²) in [6.45, 7) is 1.50. The fourth-order valence-electron chi connectivity index (χ4n) is 0.963. The van der Waals surface area contributed by atoms with Crippen LogP contribution in [0.15, 0.2) is 24.3 Å². The van der Waals surface area contributed by atoms with E-state index in [0.717, 1.165) is 0 Å². The van der Waals surface area contributed by atoms with E-state index in [1.807, 2.05) is 0 Å². The maximum Gasteiger partial charge on any atom is 0.182 e. The van der Waals surface area contributed by atoms with Crippen molar-refractivity contribution in [1.82, 2.24) is 0 Å². The molecule has 0 spiro atoms. The van der Waals surface area contributed by atoms with E-state index >= 15 is 0 Å². The predicted molar refractivity (Wildman–Crippen MR) is 49.3 cm³/mol. The van der Waals surface area contributed by atoms with Crippen molar-refractivity contribution in [2.45, 2.75) is 19.1 Å². The minimum atomic E-state index is -0.845. The number of carbonyl (C=O) groups excluding carboxylic acids is 1. The number of hydrogen-bond acceptors (Lipinski definition) is 3. The Morgan fingerprint density at radius 3 is 2.54 bits per heavy atom. The summed E-state index contributed by atoms with van der Waals surface area (Å²) in [6.07, 6.45) is -0.823. The summed E-state index contributed by atoms with van der Waals surface area (Å²) in [6, 6.07) is 8.50. The molecule has 0 saturated heterocycles. The lowest BCUT2D eigenvalue weighted by atomic mass is 10.0. The zero-order valence-electron chi connectivity index (χ0n) is 7.40. The molecule has 3 N–H and O–H groups in total. The molecule has 1 radical (unpaired) electrons. The lowest BCUT2D eigenvalue weighted by molar-refractivity contribution is 0.0847. The molecular formula is C10H12NO2. The van der Waals surface area contributed by atoms with Gasteiger partial charge in [0.05, 0.1) is 12.1 Å². The van der Waals surface area contributed by atoms with Gasteiger partial charge in [0.25, 0.3) is 0 Å². The molecule has 13 heavy (non-hydrogen) atoms. The standard InChI is InChI=1S/C10H12NO2/c1-7(12)9(11)10(13)8-5-3-2-4-6-8/h3-7,9,12H,11H2,1H3/t7-,9+/m1/s1. The second kappa shape index (κ2) is 4.16. The molecule has 0 amide bonds. The first kappa shape index (κ1) is 9.89. The second-order valence-corrected chi connectivity index (χ2v) is 2.92. The molecule has 3 nitrogen and oxygen atoms in total. The van der Waals surface area contributed by atoms with E-state index in [9.17, 15) is 4.79 Å². The van der Waals surface area contributed by atoms with Gasteiger partial charge in [0.15, 0.2) is 5.78 Å². The summed E-state index contributed by atoms with van der Waals surface area (Å²) >= 11 is 0. The molecule has 3 heteroatoms. The number of Topliss-reactive ketones (excluding diaryl/α,β-unsaturated/α-hetero) is 1. The fraction of sp³-hybridized carbons (Fsp3) is 0.300. The second-order valence-electron chi connectivity index (χ2n) is 2.92. The van der Waals surface area contributed by atoms with Crippen molar-refractivity contribution in [3.8, 4) is 0 Å². The largest absolute Gasteiger partial charge is 0.391 e. The van der Waals surface area contributed by atoms with Crippen LogP contribution in [0, 0.1) is 6.07 Å². The molecule has 0 aliphatic carbocycles. The average molecular weight is 178 g/mol. The number of carbonyl (C=O) groups is 1. The van der Waals surface area contributed by atoms with E-state index in [-0.39, 0.29) is 5.78 Å². The molecule has 1 aromatic rings. The summed E-state index contributed by atoms with van der Waals surface area (Å²) < 4.78 is 0. The Morgan fingerprint density at radius 1 is 1.54 bits per heavy atom. The molecule has 1 rings (SSSR count). The first-order chi connectivity index (χ1) is 6.13. The van der Waals surface area contributed by atoms with Crippen LogP contribution in [0.25, 0.3) is 0 Å². The Kier molecular flexibility index (Phi) is 3.17. The third kappa shape index (κ3) is 2.37. The number of aliphatic hydroxyl groups is 1. The van der Waals surface area contributed by atoms with Crippen LogP contribution in [0.1, 0.15) is 17.3 Å². The molecule has 69 valence electrons. The van der Waals surface area contributed by atoms with Crippen LogP contribution >= 0.6 is 0 Å². The lowest BCUT2D eigenvalue weighted by Crippen LogP contribution is -2.40. The maximum atomic E-state index is 11.5. The molecule has 2 atom stereocenters. The third-order valence-corrected chi connectivity index (χ3v) is 1.83. The number of ketones is 1. The fourth-order valence-corrected chi connectivity index (χ4v) is 0.963. The molecule has 0 bridgehead atoms. The number of hydrogen-bond donors (Lipinski definition) is 2. The van der Waals surface area contributed by atoms with E-state index in [2.05, 4.69) is 6.07 Å².